The van der Waals surface area contributed by atoms with Gasteiger partial charge in [-0.25, -0.2) is 0 Å². The second-order valence-corrected chi connectivity index (χ2v) is 5.39. The fourth-order valence-corrected chi connectivity index (χ4v) is 2.81. The van der Waals surface area contributed by atoms with Crippen LogP contribution in [-0.4, -0.2) is 37.0 Å². The monoisotopic (exact) mass is 260 g/mol. The third kappa shape index (κ3) is 4.14. The van der Waals surface area contributed by atoms with Gasteiger partial charge in [0, 0.05) is 19.0 Å². The third-order valence-electron chi connectivity index (χ3n) is 4.02. The lowest BCUT2D eigenvalue weighted by molar-refractivity contribution is -0.136. The lowest BCUT2D eigenvalue weighted by atomic mass is 9.96. The van der Waals surface area contributed by atoms with Crippen molar-refractivity contribution in [3.63, 3.8) is 0 Å². The zero-order valence-electron chi connectivity index (χ0n) is 10.8. The molecule has 2 rings (SSSR count). The van der Waals surface area contributed by atoms with Crippen LogP contribution >= 0.6 is 12.4 Å². The van der Waals surface area contributed by atoms with Gasteiger partial charge in [-0.1, -0.05) is 6.92 Å². The van der Waals surface area contributed by atoms with Crippen molar-refractivity contribution >= 4 is 18.3 Å². The number of rotatable bonds is 1. The molecule has 2 heterocycles. The summed E-state index contributed by atoms with van der Waals surface area (Å²) < 4.78 is 0. The Hall–Kier alpha value is -0.280. The molecule has 1 amide bonds. The normalized spacial score (nSPS) is 27.1. The number of hydrogen-bond acceptors (Lipinski definition) is 2. The number of amides is 1. The van der Waals surface area contributed by atoms with Crippen LogP contribution in [0.1, 0.15) is 39.0 Å². The summed E-state index contributed by atoms with van der Waals surface area (Å²) in [7, 11) is 0. The minimum absolute atomic E-state index is 0. The molecule has 0 spiro atoms. The number of carbonyl (C=O) groups excluding carboxylic acids is 1. The molecule has 0 aromatic carbocycles. The minimum atomic E-state index is 0. The molecule has 2 aliphatic rings. The van der Waals surface area contributed by atoms with Crippen molar-refractivity contribution in [3.8, 4) is 0 Å². The molecule has 1 N–H and O–H groups in total. The summed E-state index contributed by atoms with van der Waals surface area (Å²) in [5.74, 6) is 1.52. The van der Waals surface area contributed by atoms with Crippen molar-refractivity contribution in [3.05, 3.63) is 0 Å². The van der Waals surface area contributed by atoms with Crippen LogP contribution in [0, 0.1) is 11.8 Å². The number of nitrogens with zero attached hydrogens (tertiary/aromatic N) is 1. The van der Waals surface area contributed by atoms with E-state index in [1.54, 1.807) is 0 Å². The second kappa shape index (κ2) is 7.22. The number of hydrogen-bond donors (Lipinski definition) is 1. The standard InChI is InChI=1S/C13H24N2O.ClH/c1-11-3-2-9-15(10-6-11)13(16)12-4-7-14-8-5-12;/h11-12,14H,2-10H2,1H3;1H. The highest BCUT2D eigenvalue weighted by Gasteiger charge is 2.26. The van der Waals surface area contributed by atoms with E-state index in [1.807, 2.05) is 0 Å². The van der Waals surface area contributed by atoms with Crippen LogP contribution in [0.5, 0.6) is 0 Å². The Morgan fingerprint density at radius 1 is 1.12 bits per heavy atom. The third-order valence-corrected chi connectivity index (χ3v) is 4.02. The Kier molecular flexibility index (Phi) is 6.28. The lowest BCUT2D eigenvalue weighted by Crippen LogP contribution is -2.41. The molecule has 0 radical (unpaired) electrons. The first-order chi connectivity index (χ1) is 7.77. The Morgan fingerprint density at radius 2 is 1.82 bits per heavy atom. The summed E-state index contributed by atoms with van der Waals surface area (Å²) in [5.41, 5.74) is 0. The maximum atomic E-state index is 12.3. The second-order valence-electron chi connectivity index (χ2n) is 5.39. The van der Waals surface area contributed by atoms with E-state index in [4.69, 9.17) is 0 Å². The van der Waals surface area contributed by atoms with Gasteiger partial charge in [0.25, 0.3) is 0 Å². The van der Waals surface area contributed by atoms with Crippen LogP contribution < -0.4 is 5.32 Å². The first-order valence-corrected chi connectivity index (χ1v) is 6.77. The van der Waals surface area contributed by atoms with Gasteiger partial charge >= 0.3 is 0 Å². The lowest BCUT2D eigenvalue weighted by Gasteiger charge is -2.28. The maximum Gasteiger partial charge on any atom is 0.225 e. The van der Waals surface area contributed by atoms with Gasteiger partial charge in [-0.05, 0) is 51.1 Å². The van der Waals surface area contributed by atoms with Crippen LogP contribution in [0.4, 0.5) is 0 Å². The molecule has 17 heavy (non-hydrogen) atoms. The van der Waals surface area contributed by atoms with Gasteiger partial charge in [-0.2, -0.15) is 0 Å². The van der Waals surface area contributed by atoms with E-state index in [0.717, 1.165) is 44.9 Å². The molecule has 0 saturated carbocycles. The molecule has 0 aromatic heterocycles. The Morgan fingerprint density at radius 3 is 2.53 bits per heavy atom. The van der Waals surface area contributed by atoms with Crippen molar-refractivity contribution < 1.29 is 4.79 Å². The molecule has 3 nitrogen and oxygen atoms in total. The Bertz CT molecular complexity index is 242. The van der Waals surface area contributed by atoms with Gasteiger partial charge in [0.05, 0.1) is 0 Å². The summed E-state index contributed by atoms with van der Waals surface area (Å²) in [4.78, 5) is 14.4. The number of piperidine rings is 1. The SMILES string of the molecule is CC1CCCN(C(=O)C2CCNCC2)CC1.Cl. The van der Waals surface area contributed by atoms with Gasteiger partial charge in [-0.3, -0.25) is 4.79 Å². The molecule has 2 aliphatic heterocycles. The van der Waals surface area contributed by atoms with E-state index in [0.29, 0.717) is 11.8 Å². The first-order valence-electron chi connectivity index (χ1n) is 6.77. The molecule has 1 unspecified atom stereocenters. The quantitative estimate of drug-likeness (QED) is 0.783. The summed E-state index contributed by atoms with van der Waals surface area (Å²) in [6.45, 7) is 6.32. The largest absolute Gasteiger partial charge is 0.342 e. The highest BCUT2D eigenvalue weighted by molar-refractivity contribution is 5.85. The number of carbonyl (C=O) groups is 1. The maximum absolute atomic E-state index is 12.3. The summed E-state index contributed by atoms with van der Waals surface area (Å²) in [5, 5.41) is 3.32. The smallest absolute Gasteiger partial charge is 0.225 e. The fraction of sp³-hybridized carbons (Fsp3) is 0.923. The van der Waals surface area contributed by atoms with Crippen LogP contribution in [0.25, 0.3) is 0 Å². The van der Waals surface area contributed by atoms with Gasteiger partial charge in [0.2, 0.25) is 5.91 Å². The van der Waals surface area contributed by atoms with Gasteiger partial charge in [-0.15, -0.1) is 12.4 Å². The number of halogens is 1. The molecule has 2 fully saturated rings. The average Bonchev–Trinajstić information content (AvgIpc) is 2.54. The zero-order valence-corrected chi connectivity index (χ0v) is 11.6. The van der Waals surface area contributed by atoms with Crippen LogP contribution in [0.3, 0.4) is 0 Å². The molecule has 1 atom stereocenters. The van der Waals surface area contributed by atoms with Crippen molar-refractivity contribution in [2.24, 2.45) is 11.8 Å². The number of likely N-dealkylation sites (tertiary alicyclic amines) is 1. The van der Waals surface area contributed by atoms with Crippen LogP contribution in [0.2, 0.25) is 0 Å². The molecule has 100 valence electrons. The van der Waals surface area contributed by atoms with E-state index in [1.165, 1.54) is 19.3 Å². The molecular formula is C13H25ClN2O. The van der Waals surface area contributed by atoms with E-state index < -0.39 is 0 Å². The molecule has 0 aliphatic carbocycles. The zero-order chi connectivity index (χ0) is 11.4. The predicted octanol–water partition coefficient (Wildman–Crippen LogP) is 2.06. The molecule has 0 bridgehead atoms. The molecular weight excluding hydrogens is 236 g/mol. The summed E-state index contributed by atoms with van der Waals surface area (Å²) >= 11 is 0. The molecule has 2 saturated heterocycles. The topological polar surface area (TPSA) is 32.3 Å². The van der Waals surface area contributed by atoms with Crippen molar-refractivity contribution in [2.75, 3.05) is 26.2 Å². The van der Waals surface area contributed by atoms with Crippen molar-refractivity contribution in [1.82, 2.24) is 10.2 Å². The van der Waals surface area contributed by atoms with Gasteiger partial charge in [0.1, 0.15) is 0 Å². The van der Waals surface area contributed by atoms with Gasteiger partial charge in [0.15, 0.2) is 0 Å². The minimum Gasteiger partial charge on any atom is -0.342 e. The van der Waals surface area contributed by atoms with E-state index in [-0.39, 0.29) is 12.4 Å². The van der Waals surface area contributed by atoms with E-state index in [9.17, 15) is 4.79 Å². The van der Waals surface area contributed by atoms with Crippen LogP contribution in [-0.2, 0) is 4.79 Å². The van der Waals surface area contributed by atoms with Crippen molar-refractivity contribution in [2.45, 2.75) is 39.0 Å². The highest BCUT2D eigenvalue weighted by atomic mass is 35.5. The number of nitrogens with one attached hydrogen (secondary N) is 1. The molecule has 0 aromatic rings. The Balaban J connectivity index is 0.00000144. The van der Waals surface area contributed by atoms with E-state index in [2.05, 4.69) is 17.1 Å². The van der Waals surface area contributed by atoms with Crippen molar-refractivity contribution in [1.29, 1.82) is 0 Å². The summed E-state index contributed by atoms with van der Waals surface area (Å²) in [6, 6.07) is 0. The fourth-order valence-electron chi connectivity index (χ4n) is 2.81. The van der Waals surface area contributed by atoms with E-state index >= 15 is 0 Å². The predicted molar refractivity (Wildman–Crippen MR) is 72.4 cm³/mol. The highest BCUT2D eigenvalue weighted by Crippen LogP contribution is 2.21. The summed E-state index contributed by atoms with van der Waals surface area (Å²) in [6.07, 6.45) is 5.74. The van der Waals surface area contributed by atoms with Crippen LogP contribution in [0.15, 0.2) is 0 Å². The molecule has 4 heteroatoms. The average molecular weight is 261 g/mol. The first kappa shape index (κ1) is 14.8. The van der Waals surface area contributed by atoms with Gasteiger partial charge < -0.3 is 10.2 Å². The Labute approximate surface area is 111 Å².